The SMILES string of the molecule is CC(C)(C)OC(=O)NC[C@]12CC[C@H]1CN(Cc1ccccc1)C2. The summed E-state index contributed by atoms with van der Waals surface area (Å²) in [6.07, 6.45) is 2.19. The number of hydrogen-bond donors (Lipinski definition) is 1. The maximum Gasteiger partial charge on any atom is 0.407 e. The van der Waals surface area contributed by atoms with E-state index >= 15 is 0 Å². The van der Waals surface area contributed by atoms with Gasteiger partial charge in [0, 0.05) is 31.6 Å². The molecule has 0 spiro atoms. The quantitative estimate of drug-likeness (QED) is 0.925. The zero-order chi connectivity index (χ0) is 16.5. The Morgan fingerprint density at radius 2 is 2.09 bits per heavy atom. The van der Waals surface area contributed by atoms with Crippen LogP contribution in [0.5, 0.6) is 0 Å². The molecule has 1 saturated carbocycles. The van der Waals surface area contributed by atoms with Crippen molar-refractivity contribution < 1.29 is 9.53 Å². The summed E-state index contributed by atoms with van der Waals surface area (Å²) < 4.78 is 5.36. The molecular formula is C19H28N2O2. The average molecular weight is 316 g/mol. The van der Waals surface area contributed by atoms with Gasteiger partial charge in [-0.2, -0.15) is 0 Å². The Morgan fingerprint density at radius 3 is 2.70 bits per heavy atom. The molecule has 0 aromatic heterocycles. The number of fused-ring (bicyclic) bond motifs is 1. The fraction of sp³-hybridized carbons (Fsp3) is 0.632. The summed E-state index contributed by atoms with van der Waals surface area (Å²) in [5.41, 5.74) is 1.19. The van der Waals surface area contributed by atoms with Crippen LogP contribution in [-0.4, -0.2) is 36.2 Å². The molecule has 2 atom stereocenters. The lowest BCUT2D eigenvalue weighted by Gasteiger charge is -2.44. The molecule has 1 amide bonds. The maximum atomic E-state index is 11.9. The van der Waals surface area contributed by atoms with Gasteiger partial charge in [-0.15, -0.1) is 0 Å². The smallest absolute Gasteiger partial charge is 0.407 e. The van der Waals surface area contributed by atoms with Crippen LogP contribution in [0.25, 0.3) is 0 Å². The molecule has 1 heterocycles. The van der Waals surface area contributed by atoms with Crippen LogP contribution >= 0.6 is 0 Å². The lowest BCUT2D eigenvalue weighted by molar-refractivity contribution is 0.0391. The number of ether oxygens (including phenoxy) is 1. The van der Waals surface area contributed by atoms with Gasteiger partial charge in [-0.3, -0.25) is 4.90 Å². The summed E-state index contributed by atoms with van der Waals surface area (Å²) in [5.74, 6) is 0.709. The Balaban J connectivity index is 1.53. The van der Waals surface area contributed by atoms with Crippen molar-refractivity contribution in [3.63, 3.8) is 0 Å². The molecule has 1 aliphatic carbocycles. The van der Waals surface area contributed by atoms with Crippen molar-refractivity contribution in [1.82, 2.24) is 10.2 Å². The molecule has 4 nitrogen and oxygen atoms in total. The minimum Gasteiger partial charge on any atom is -0.444 e. The predicted molar refractivity (Wildman–Crippen MR) is 91.1 cm³/mol. The van der Waals surface area contributed by atoms with Crippen LogP contribution in [0, 0.1) is 11.3 Å². The summed E-state index contributed by atoms with van der Waals surface area (Å²) in [7, 11) is 0. The van der Waals surface area contributed by atoms with E-state index in [0.717, 1.165) is 26.2 Å². The molecular weight excluding hydrogens is 288 g/mol. The normalized spacial score (nSPS) is 27.2. The van der Waals surface area contributed by atoms with Crippen molar-refractivity contribution in [1.29, 1.82) is 0 Å². The van der Waals surface area contributed by atoms with E-state index < -0.39 is 5.60 Å². The average Bonchev–Trinajstić information content (AvgIpc) is 2.69. The van der Waals surface area contributed by atoms with Crippen LogP contribution in [0.4, 0.5) is 4.79 Å². The third-order valence-corrected chi connectivity index (χ3v) is 5.11. The topological polar surface area (TPSA) is 41.6 Å². The van der Waals surface area contributed by atoms with Gasteiger partial charge in [0.25, 0.3) is 0 Å². The van der Waals surface area contributed by atoms with Gasteiger partial charge >= 0.3 is 6.09 Å². The maximum absolute atomic E-state index is 11.9. The highest BCUT2D eigenvalue weighted by Gasteiger charge is 2.52. The third kappa shape index (κ3) is 3.86. The number of nitrogens with one attached hydrogen (secondary N) is 1. The number of carbonyl (C=O) groups is 1. The zero-order valence-corrected chi connectivity index (χ0v) is 14.5. The second-order valence-electron chi connectivity index (χ2n) is 8.11. The summed E-state index contributed by atoms with van der Waals surface area (Å²) >= 11 is 0. The first kappa shape index (κ1) is 16.3. The lowest BCUT2D eigenvalue weighted by Crippen LogP contribution is -2.49. The van der Waals surface area contributed by atoms with Crippen molar-refractivity contribution in [2.45, 2.75) is 45.8 Å². The first-order chi connectivity index (χ1) is 10.9. The number of likely N-dealkylation sites (tertiary alicyclic amines) is 1. The van der Waals surface area contributed by atoms with Crippen LogP contribution < -0.4 is 5.32 Å². The first-order valence-electron chi connectivity index (χ1n) is 8.59. The van der Waals surface area contributed by atoms with Gasteiger partial charge < -0.3 is 10.1 Å². The van der Waals surface area contributed by atoms with Gasteiger partial charge in [0.15, 0.2) is 0 Å². The van der Waals surface area contributed by atoms with Gasteiger partial charge in [0.1, 0.15) is 5.60 Å². The number of benzene rings is 1. The molecule has 3 rings (SSSR count). The van der Waals surface area contributed by atoms with E-state index in [2.05, 4.69) is 40.5 Å². The molecule has 1 N–H and O–H groups in total. The lowest BCUT2D eigenvalue weighted by atomic mass is 9.62. The van der Waals surface area contributed by atoms with E-state index in [9.17, 15) is 4.79 Å². The van der Waals surface area contributed by atoms with Gasteiger partial charge in [0.2, 0.25) is 0 Å². The zero-order valence-electron chi connectivity index (χ0n) is 14.5. The Kier molecular flexibility index (Phi) is 4.37. The highest BCUT2D eigenvalue weighted by molar-refractivity contribution is 5.67. The molecule has 0 bridgehead atoms. The molecule has 4 heteroatoms. The summed E-state index contributed by atoms with van der Waals surface area (Å²) in [5, 5.41) is 3.00. The van der Waals surface area contributed by atoms with Crippen molar-refractivity contribution in [3.8, 4) is 0 Å². The van der Waals surface area contributed by atoms with Crippen molar-refractivity contribution in [2.75, 3.05) is 19.6 Å². The molecule has 1 aliphatic heterocycles. The van der Waals surface area contributed by atoms with Crippen LogP contribution in [-0.2, 0) is 11.3 Å². The van der Waals surface area contributed by atoms with Crippen LogP contribution in [0.2, 0.25) is 0 Å². The molecule has 0 radical (unpaired) electrons. The number of carbonyl (C=O) groups excluding carboxylic acids is 1. The fourth-order valence-electron chi connectivity index (χ4n) is 3.88. The van der Waals surface area contributed by atoms with E-state index in [1.54, 1.807) is 0 Å². The van der Waals surface area contributed by atoms with Gasteiger partial charge in [0.05, 0.1) is 0 Å². The number of amides is 1. The molecule has 126 valence electrons. The minimum atomic E-state index is -0.435. The molecule has 2 fully saturated rings. The van der Waals surface area contributed by atoms with E-state index in [-0.39, 0.29) is 11.5 Å². The van der Waals surface area contributed by atoms with Gasteiger partial charge in [-0.05, 0) is 45.1 Å². The number of alkyl carbamates (subject to hydrolysis) is 1. The predicted octanol–water partition coefficient (Wildman–Crippen LogP) is 3.42. The second kappa shape index (κ2) is 6.16. The van der Waals surface area contributed by atoms with Crippen molar-refractivity contribution >= 4 is 6.09 Å². The fourth-order valence-corrected chi connectivity index (χ4v) is 3.88. The monoisotopic (exact) mass is 316 g/mol. The Morgan fingerprint density at radius 1 is 1.35 bits per heavy atom. The summed E-state index contributed by atoms with van der Waals surface area (Å²) in [6.45, 7) is 9.65. The van der Waals surface area contributed by atoms with Crippen LogP contribution in [0.3, 0.4) is 0 Å². The highest BCUT2D eigenvalue weighted by atomic mass is 16.6. The Labute approximate surface area is 139 Å². The minimum absolute atomic E-state index is 0.256. The van der Waals surface area contributed by atoms with E-state index in [4.69, 9.17) is 4.74 Å². The summed E-state index contributed by atoms with van der Waals surface area (Å²) in [6, 6.07) is 10.6. The second-order valence-corrected chi connectivity index (χ2v) is 8.11. The molecule has 2 aliphatic rings. The van der Waals surface area contributed by atoms with Crippen LogP contribution in [0.1, 0.15) is 39.2 Å². The van der Waals surface area contributed by atoms with E-state index in [1.807, 2.05) is 20.8 Å². The first-order valence-corrected chi connectivity index (χ1v) is 8.59. The van der Waals surface area contributed by atoms with Gasteiger partial charge in [-0.1, -0.05) is 30.3 Å². The number of nitrogens with zero attached hydrogens (tertiary/aromatic N) is 1. The highest BCUT2D eigenvalue weighted by Crippen LogP contribution is 2.51. The summed E-state index contributed by atoms with van der Waals surface area (Å²) in [4.78, 5) is 14.4. The Hall–Kier alpha value is -1.55. The number of hydrogen-bond acceptors (Lipinski definition) is 3. The van der Waals surface area contributed by atoms with Crippen molar-refractivity contribution in [2.24, 2.45) is 11.3 Å². The van der Waals surface area contributed by atoms with Crippen molar-refractivity contribution in [3.05, 3.63) is 35.9 Å². The number of rotatable bonds is 4. The third-order valence-electron chi connectivity index (χ3n) is 5.11. The largest absolute Gasteiger partial charge is 0.444 e. The van der Waals surface area contributed by atoms with E-state index in [0.29, 0.717) is 5.92 Å². The van der Waals surface area contributed by atoms with Crippen LogP contribution in [0.15, 0.2) is 30.3 Å². The standard InChI is InChI=1S/C19H28N2O2/c1-18(2,3)23-17(22)20-13-19-10-9-16(19)12-21(14-19)11-15-7-5-4-6-8-15/h4-8,16H,9-14H2,1-3H3,(H,20,22)/t16-,19-/m0/s1. The molecule has 1 saturated heterocycles. The molecule has 0 unspecified atom stereocenters. The molecule has 1 aromatic rings. The van der Waals surface area contributed by atoms with Gasteiger partial charge in [-0.25, -0.2) is 4.79 Å². The Bertz CT molecular complexity index is 552. The molecule has 1 aromatic carbocycles. The van der Waals surface area contributed by atoms with E-state index in [1.165, 1.54) is 18.4 Å². The molecule has 23 heavy (non-hydrogen) atoms.